The van der Waals surface area contributed by atoms with Gasteiger partial charge in [-0.1, -0.05) is 0 Å². The molecule has 97 valence electrons. The van der Waals surface area contributed by atoms with Gasteiger partial charge in [-0.25, -0.2) is 0 Å². The third-order valence-corrected chi connectivity index (χ3v) is 0. The van der Waals surface area contributed by atoms with E-state index in [1.54, 1.807) is 0 Å². The maximum Gasteiger partial charge on any atom is 3.00 e. The first-order chi connectivity index (χ1) is 6.00. The van der Waals surface area contributed by atoms with E-state index >= 15 is 0 Å². The first-order valence-corrected chi connectivity index (χ1v) is 6.57. The number of hydrogen-bond acceptors (Lipinski definition) is 12. The predicted octanol–water partition coefficient (Wildman–Crippen LogP) is -8.86. The summed E-state index contributed by atoms with van der Waals surface area (Å²) in [4.78, 5) is 76.9. The predicted molar refractivity (Wildman–Crippen MR) is 28.6 cm³/mol. The van der Waals surface area contributed by atoms with Crippen LogP contribution in [0.15, 0.2) is 0 Å². The van der Waals surface area contributed by atoms with E-state index < -0.39 is 23.5 Å². The second-order valence-electron chi connectivity index (χ2n) is 1.34. The molecule has 12 nitrogen and oxygen atoms in total. The van der Waals surface area contributed by atoms with Crippen molar-refractivity contribution in [2.24, 2.45) is 0 Å². The average molecular weight is 545 g/mol. The van der Waals surface area contributed by atoms with E-state index in [-0.39, 0.29) is 90.9 Å². The Labute approximate surface area is 169 Å². The van der Waals surface area contributed by atoms with E-state index in [1.807, 2.05) is 0 Å². The van der Waals surface area contributed by atoms with Gasteiger partial charge in [-0.2, -0.15) is 23.5 Å². The van der Waals surface area contributed by atoms with Crippen LogP contribution in [0.2, 0.25) is 0 Å². The Bertz CT molecular complexity index is 213. The van der Waals surface area contributed by atoms with Gasteiger partial charge in [0, 0.05) is 0 Å². The molecule has 0 unspecified atom stereocenters. The molecule has 0 bridgehead atoms. The van der Waals surface area contributed by atoms with Gasteiger partial charge in [-0.05, 0) is 0 Å². The molecule has 0 atom stereocenters. The summed E-state index contributed by atoms with van der Waals surface area (Å²) in [6, 6.07) is 0. The monoisotopic (exact) mass is 543 g/mol. The SMILES string of the molecule is O=P([O-])([O-])[O-].O=P([O-])([O-])[O-].O=P([O-])([O-])[O-].[Al+3].[Nd+3].[Y+3]. The summed E-state index contributed by atoms with van der Waals surface area (Å²) in [5.74, 6) is 0. The van der Waals surface area contributed by atoms with E-state index in [0.717, 1.165) is 0 Å². The van der Waals surface area contributed by atoms with E-state index in [0.29, 0.717) is 0 Å². The zero-order valence-electron chi connectivity index (χ0n) is 7.90. The van der Waals surface area contributed by atoms with Gasteiger partial charge in [-0.3, -0.25) is 0 Å². The molecule has 0 aromatic rings. The molecule has 0 rings (SSSR count). The fraction of sp³-hybridized carbons (Fsp3) is 0. The molecular formula is AlNdO12P3Y. The van der Waals surface area contributed by atoms with Crippen LogP contribution in [0.4, 0.5) is 0 Å². The molecule has 18 heteroatoms. The minimum atomic E-state index is -5.39. The minimum absolute atomic E-state index is 0. The molecule has 18 heavy (non-hydrogen) atoms. The maximum atomic E-state index is 8.55. The molecule has 0 N–H and O–H groups in total. The summed E-state index contributed by atoms with van der Waals surface area (Å²) in [7, 11) is -16.2. The maximum absolute atomic E-state index is 8.55. The molecule has 0 saturated heterocycles. The standard InChI is InChI=1S/Al.Nd.3H3O4P.Y/c;;3*1-5(2,3)4;/h;;3*(H3,1,2,3,4);/q2*+3;;;;+3/p-9. The van der Waals surface area contributed by atoms with Gasteiger partial charge in [0.1, 0.15) is 0 Å². The molecule has 0 aromatic heterocycles. The zero-order chi connectivity index (χ0) is 13.5. The van der Waals surface area contributed by atoms with Crippen molar-refractivity contribution in [3.63, 3.8) is 0 Å². The third-order valence-electron chi connectivity index (χ3n) is 0. The molecule has 0 aliphatic rings. The van der Waals surface area contributed by atoms with Crippen LogP contribution in [-0.2, 0) is 46.4 Å². The van der Waals surface area contributed by atoms with Crippen molar-refractivity contribution in [1.29, 1.82) is 0 Å². The summed E-state index contributed by atoms with van der Waals surface area (Å²) in [6.45, 7) is 0. The van der Waals surface area contributed by atoms with Crippen molar-refractivity contribution in [3.8, 4) is 0 Å². The Morgan fingerprint density at radius 3 is 0.500 bits per heavy atom. The van der Waals surface area contributed by atoms with E-state index in [4.69, 9.17) is 57.7 Å². The van der Waals surface area contributed by atoms with Crippen LogP contribution in [0.3, 0.4) is 0 Å². The summed E-state index contributed by atoms with van der Waals surface area (Å²) < 4.78 is 25.6. The van der Waals surface area contributed by atoms with Crippen molar-refractivity contribution in [2.45, 2.75) is 0 Å². The van der Waals surface area contributed by atoms with Crippen LogP contribution < -0.4 is 44.0 Å². The quantitative estimate of drug-likeness (QED) is 0.203. The summed E-state index contributed by atoms with van der Waals surface area (Å²) in [5, 5.41) is 0. The van der Waals surface area contributed by atoms with Gasteiger partial charge in [0.05, 0.1) is 0 Å². The van der Waals surface area contributed by atoms with Crippen molar-refractivity contribution in [1.82, 2.24) is 0 Å². The van der Waals surface area contributed by atoms with Crippen LogP contribution in [-0.4, -0.2) is 17.4 Å². The van der Waals surface area contributed by atoms with Crippen LogP contribution >= 0.6 is 23.5 Å². The summed E-state index contributed by atoms with van der Waals surface area (Å²) in [5.41, 5.74) is 0. The molecule has 0 aliphatic heterocycles. The van der Waals surface area contributed by atoms with Gasteiger partial charge in [0.25, 0.3) is 0 Å². The smallest absolute Gasteiger partial charge is 0.822 e. The molecule has 0 aliphatic carbocycles. The Balaban J connectivity index is -0.0000000277. The zero-order valence-corrected chi connectivity index (χ0v) is 17.8. The van der Waals surface area contributed by atoms with Gasteiger partial charge in [0.15, 0.2) is 0 Å². The topological polar surface area (TPSA) is 259 Å². The van der Waals surface area contributed by atoms with E-state index in [1.165, 1.54) is 0 Å². The number of phosphoric acid groups is 3. The van der Waals surface area contributed by atoms with E-state index in [9.17, 15) is 0 Å². The average Bonchev–Trinajstić information content (AvgIpc) is 1.41. The van der Waals surface area contributed by atoms with Crippen LogP contribution in [0.1, 0.15) is 0 Å². The largest absolute Gasteiger partial charge is 3.00 e. The van der Waals surface area contributed by atoms with Gasteiger partial charge in [0.2, 0.25) is 0 Å². The normalized spacial score (nSPS) is 9.83. The fourth-order valence-corrected chi connectivity index (χ4v) is 0. The van der Waals surface area contributed by atoms with Crippen LogP contribution in [0.25, 0.3) is 0 Å². The first-order valence-electron chi connectivity index (χ1n) is 2.19. The van der Waals surface area contributed by atoms with Crippen LogP contribution in [0, 0.1) is 40.8 Å². The van der Waals surface area contributed by atoms with Crippen molar-refractivity contribution < 1.29 is 131 Å². The molecular weight excluding hydrogens is 545 g/mol. The molecule has 0 spiro atoms. The molecule has 1 radical (unpaired) electrons. The van der Waals surface area contributed by atoms with Gasteiger partial charge >= 0.3 is 90.9 Å². The Hall–Kier alpha value is 3.32. The van der Waals surface area contributed by atoms with Crippen LogP contribution in [0.5, 0.6) is 0 Å². The summed E-state index contributed by atoms with van der Waals surface area (Å²) >= 11 is 0. The molecule has 0 saturated carbocycles. The van der Waals surface area contributed by atoms with Crippen molar-refractivity contribution in [2.75, 3.05) is 0 Å². The first kappa shape index (κ1) is 37.5. The molecule has 0 amide bonds. The van der Waals surface area contributed by atoms with Gasteiger partial charge < -0.3 is 57.7 Å². The fourth-order valence-electron chi connectivity index (χ4n) is 0. The number of rotatable bonds is 0. The van der Waals surface area contributed by atoms with Crippen molar-refractivity contribution >= 4 is 40.8 Å². The second kappa shape index (κ2) is 16.7. The summed E-state index contributed by atoms with van der Waals surface area (Å²) in [6.07, 6.45) is 0. The van der Waals surface area contributed by atoms with E-state index in [2.05, 4.69) is 0 Å². The Morgan fingerprint density at radius 2 is 0.500 bits per heavy atom. The van der Waals surface area contributed by atoms with Gasteiger partial charge in [-0.15, -0.1) is 0 Å². The third kappa shape index (κ3) is 589. The molecule has 0 fully saturated rings. The minimum Gasteiger partial charge on any atom is -0.822 e. The Morgan fingerprint density at radius 1 is 0.500 bits per heavy atom. The van der Waals surface area contributed by atoms with Crippen molar-refractivity contribution in [3.05, 3.63) is 0 Å². The molecule has 0 aromatic carbocycles. The molecule has 0 heterocycles. The second-order valence-corrected chi connectivity index (χ2v) is 4.02. The Kier molecular flexibility index (Phi) is 34.8. The number of hydrogen-bond donors (Lipinski definition) is 0.